The molecule has 0 spiro atoms. The van der Waals surface area contributed by atoms with Crippen molar-refractivity contribution in [1.82, 2.24) is 0 Å². The molecule has 0 bridgehead atoms. The van der Waals surface area contributed by atoms with Crippen LogP contribution < -0.4 is 4.74 Å². The summed E-state index contributed by atoms with van der Waals surface area (Å²) in [4.78, 5) is 23.0. The smallest absolute Gasteiger partial charge is 0.339 e. The van der Waals surface area contributed by atoms with E-state index in [0.29, 0.717) is 22.3 Å². The monoisotopic (exact) mass is 337 g/mol. The number of methoxy groups -OCH3 is 1. The maximum absolute atomic E-state index is 12.5. The number of fused-ring (bicyclic) bond motifs is 1. The number of nitro groups is 1. The Morgan fingerprint density at radius 2 is 1.68 bits per heavy atom. The van der Waals surface area contributed by atoms with E-state index in [4.69, 9.17) is 9.47 Å². The molecule has 3 aromatic rings. The van der Waals surface area contributed by atoms with E-state index in [1.54, 1.807) is 43.5 Å². The summed E-state index contributed by atoms with van der Waals surface area (Å²) >= 11 is 0. The van der Waals surface area contributed by atoms with Crippen LogP contribution in [0, 0.1) is 10.1 Å². The molecule has 3 rings (SSSR count). The van der Waals surface area contributed by atoms with Crippen LogP contribution in [-0.2, 0) is 11.3 Å². The third-order valence-electron chi connectivity index (χ3n) is 3.87. The molecule has 0 unspecified atom stereocenters. The molecule has 0 heterocycles. The molecule has 25 heavy (non-hydrogen) atoms. The molecule has 0 saturated carbocycles. The van der Waals surface area contributed by atoms with Crippen molar-refractivity contribution in [2.24, 2.45) is 0 Å². The SMILES string of the molecule is COc1ccc(C(=O)OCc2ccccc2[N+](=O)[O-])c2ccccc12. The number of carbonyl (C=O) groups is 1. The van der Waals surface area contributed by atoms with Crippen molar-refractivity contribution in [3.05, 3.63) is 81.9 Å². The first-order valence-electron chi connectivity index (χ1n) is 7.57. The third kappa shape index (κ3) is 3.28. The molecule has 0 fully saturated rings. The van der Waals surface area contributed by atoms with Crippen LogP contribution in [0.5, 0.6) is 5.75 Å². The molecule has 0 aromatic heterocycles. The highest BCUT2D eigenvalue weighted by atomic mass is 16.6. The molecule has 0 amide bonds. The lowest BCUT2D eigenvalue weighted by Gasteiger charge is -2.10. The quantitative estimate of drug-likeness (QED) is 0.398. The van der Waals surface area contributed by atoms with Gasteiger partial charge in [0.05, 0.1) is 23.2 Å². The van der Waals surface area contributed by atoms with Crippen LogP contribution in [0.4, 0.5) is 5.69 Å². The van der Waals surface area contributed by atoms with Gasteiger partial charge < -0.3 is 9.47 Å². The zero-order chi connectivity index (χ0) is 17.8. The number of para-hydroxylation sites is 1. The molecule has 0 aliphatic heterocycles. The summed E-state index contributed by atoms with van der Waals surface area (Å²) in [7, 11) is 1.56. The van der Waals surface area contributed by atoms with E-state index in [1.807, 2.05) is 18.2 Å². The van der Waals surface area contributed by atoms with Gasteiger partial charge in [0.1, 0.15) is 12.4 Å². The highest BCUT2D eigenvalue weighted by Crippen LogP contribution is 2.29. The molecule has 0 atom stereocenters. The average Bonchev–Trinajstić information content (AvgIpc) is 2.65. The van der Waals surface area contributed by atoms with Gasteiger partial charge in [0, 0.05) is 11.5 Å². The Hall–Kier alpha value is -3.41. The van der Waals surface area contributed by atoms with Crippen molar-refractivity contribution >= 4 is 22.4 Å². The number of benzene rings is 3. The van der Waals surface area contributed by atoms with Gasteiger partial charge in [-0.15, -0.1) is 0 Å². The zero-order valence-electron chi connectivity index (χ0n) is 13.5. The number of esters is 1. The van der Waals surface area contributed by atoms with E-state index in [1.165, 1.54) is 6.07 Å². The molecule has 0 N–H and O–H groups in total. The minimum Gasteiger partial charge on any atom is -0.496 e. The molecule has 126 valence electrons. The second kappa shape index (κ2) is 7.00. The largest absolute Gasteiger partial charge is 0.496 e. The van der Waals surface area contributed by atoms with Crippen LogP contribution in [0.2, 0.25) is 0 Å². The van der Waals surface area contributed by atoms with E-state index in [2.05, 4.69) is 0 Å². The van der Waals surface area contributed by atoms with Crippen molar-refractivity contribution in [3.8, 4) is 5.75 Å². The number of hydrogen-bond donors (Lipinski definition) is 0. The number of nitrogens with zero attached hydrogens (tertiary/aromatic N) is 1. The predicted octanol–water partition coefficient (Wildman–Crippen LogP) is 4.11. The van der Waals surface area contributed by atoms with Gasteiger partial charge in [-0.25, -0.2) is 4.79 Å². The molecular formula is C19H15NO5. The van der Waals surface area contributed by atoms with E-state index in [0.717, 1.165) is 5.39 Å². The van der Waals surface area contributed by atoms with E-state index in [-0.39, 0.29) is 12.3 Å². The fourth-order valence-electron chi connectivity index (χ4n) is 2.66. The number of ether oxygens (including phenoxy) is 2. The first-order valence-corrected chi connectivity index (χ1v) is 7.57. The van der Waals surface area contributed by atoms with Gasteiger partial charge in [0.25, 0.3) is 5.69 Å². The lowest BCUT2D eigenvalue weighted by Crippen LogP contribution is -2.07. The summed E-state index contributed by atoms with van der Waals surface area (Å²) < 4.78 is 10.6. The van der Waals surface area contributed by atoms with Crippen molar-refractivity contribution in [2.45, 2.75) is 6.61 Å². The summed E-state index contributed by atoms with van der Waals surface area (Å²) in [5.74, 6) is 0.114. The van der Waals surface area contributed by atoms with Gasteiger partial charge in [0.2, 0.25) is 0 Å². The summed E-state index contributed by atoms with van der Waals surface area (Å²) in [6, 6.07) is 16.8. The summed E-state index contributed by atoms with van der Waals surface area (Å²) in [5.41, 5.74) is 0.656. The van der Waals surface area contributed by atoms with Gasteiger partial charge >= 0.3 is 5.97 Å². The first-order chi connectivity index (χ1) is 12.1. The highest BCUT2D eigenvalue weighted by molar-refractivity contribution is 6.06. The Kier molecular flexibility index (Phi) is 4.61. The lowest BCUT2D eigenvalue weighted by atomic mass is 10.0. The molecule has 6 nitrogen and oxygen atoms in total. The molecule has 0 aliphatic carbocycles. The van der Waals surface area contributed by atoms with Gasteiger partial charge in [-0.3, -0.25) is 10.1 Å². The maximum Gasteiger partial charge on any atom is 0.339 e. The topological polar surface area (TPSA) is 78.7 Å². The Labute approximate surface area is 143 Å². The highest BCUT2D eigenvalue weighted by Gasteiger charge is 2.17. The minimum atomic E-state index is -0.544. The molecule has 0 aliphatic rings. The van der Waals surface area contributed by atoms with Crippen molar-refractivity contribution in [1.29, 1.82) is 0 Å². The van der Waals surface area contributed by atoms with E-state index < -0.39 is 10.9 Å². The van der Waals surface area contributed by atoms with Crippen LogP contribution in [0.1, 0.15) is 15.9 Å². The summed E-state index contributed by atoms with van der Waals surface area (Å²) in [5, 5.41) is 12.5. The summed E-state index contributed by atoms with van der Waals surface area (Å²) in [6.45, 7) is -0.170. The Bertz CT molecular complexity index is 951. The maximum atomic E-state index is 12.5. The van der Waals surface area contributed by atoms with Crippen LogP contribution in [0.25, 0.3) is 10.8 Å². The Morgan fingerprint density at radius 3 is 2.40 bits per heavy atom. The fraction of sp³-hybridized carbons (Fsp3) is 0.105. The molecule has 6 heteroatoms. The number of carbonyl (C=O) groups excluding carboxylic acids is 1. The summed E-state index contributed by atoms with van der Waals surface area (Å²) in [6.07, 6.45) is 0. The van der Waals surface area contributed by atoms with Gasteiger partial charge in [-0.2, -0.15) is 0 Å². The lowest BCUT2D eigenvalue weighted by molar-refractivity contribution is -0.385. The van der Waals surface area contributed by atoms with Gasteiger partial charge in [-0.05, 0) is 23.6 Å². The average molecular weight is 337 g/mol. The van der Waals surface area contributed by atoms with Gasteiger partial charge in [0.15, 0.2) is 0 Å². The van der Waals surface area contributed by atoms with Crippen molar-refractivity contribution < 1.29 is 19.2 Å². The molecule has 3 aromatic carbocycles. The van der Waals surface area contributed by atoms with Crippen molar-refractivity contribution in [2.75, 3.05) is 7.11 Å². The first kappa shape index (κ1) is 16.4. The van der Waals surface area contributed by atoms with Crippen LogP contribution in [-0.4, -0.2) is 18.0 Å². The van der Waals surface area contributed by atoms with E-state index in [9.17, 15) is 14.9 Å². The Morgan fingerprint density at radius 1 is 1.00 bits per heavy atom. The number of hydrogen-bond acceptors (Lipinski definition) is 5. The second-order valence-corrected chi connectivity index (χ2v) is 5.32. The van der Waals surface area contributed by atoms with Crippen LogP contribution in [0.3, 0.4) is 0 Å². The third-order valence-corrected chi connectivity index (χ3v) is 3.87. The Balaban J connectivity index is 1.88. The zero-order valence-corrected chi connectivity index (χ0v) is 13.5. The second-order valence-electron chi connectivity index (χ2n) is 5.32. The van der Waals surface area contributed by atoms with E-state index >= 15 is 0 Å². The fourth-order valence-corrected chi connectivity index (χ4v) is 2.66. The molecule has 0 saturated heterocycles. The molecule has 0 radical (unpaired) electrons. The molecular weight excluding hydrogens is 322 g/mol. The predicted molar refractivity (Wildman–Crippen MR) is 92.7 cm³/mol. The van der Waals surface area contributed by atoms with Gasteiger partial charge in [-0.1, -0.05) is 36.4 Å². The van der Waals surface area contributed by atoms with Crippen LogP contribution in [0.15, 0.2) is 60.7 Å². The van der Waals surface area contributed by atoms with Crippen LogP contribution >= 0.6 is 0 Å². The minimum absolute atomic E-state index is 0.0742. The normalized spacial score (nSPS) is 10.4. The standard InChI is InChI=1S/C19H15NO5/c1-24-18-11-10-16(14-7-3-4-8-15(14)18)19(21)25-12-13-6-2-5-9-17(13)20(22)23/h2-11H,12H2,1H3. The number of nitro benzene ring substituents is 1. The number of rotatable bonds is 5. The van der Waals surface area contributed by atoms with Crippen molar-refractivity contribution in [3.63, 3.8) is 0 Å².